The van der Waals surface area contributed by atoms with Gasteiger partial charge in [-0.3, -0.25) is 14.8 Å². The number of thiophene rings is 1. The molecule has 0 spiro atoms. The van der Waals surface area contributed by atoms with Crippen molar-refractivity contribution in [3.63, 3.8) is 0 Å². The number of hydrogen-bond donors (Lipinski definition) is 2. The van der Waals surface area contributed by atoms with Gasteiger partial charge in [-0.2, -0.15) is 0 Å². The van der Waals surface area contributed by atoms with Gasteiger partial charge in [0.2, 0.25) is 6.04 Å². The maximum Gasteiger partial charge on any atom is 0.344 e. The molecule has 2 bridgehead atoms. The molecule has 3 atom stereocenters. The van der Waals surface area contributed by atoms with Gasteiger partial charge in [-0.15, -0.1) is 11.3 Å². The summed E-state index contributed by atoms with van der Waals surface area (Å²) in [5, 5.41) is 13.7. The van der Waals surface area contributed by atoms with Crippen molar-refractivity contribution in [3.8, 4) is 0 Å². The molecule has 34 heavy (non-hydrogen) atoms. The summed E-state index contributed by atoms with van der Waals surface area (Å²) < 4.78 is 6.59. The van der Waals surface area contributed by atoms with E-state index in [1.165, 1.54) is 11.3 Å². The van der Waals surface area contributed by atoms with Crippen molar-refractivity contribution >= 4 is 23.2 Å². The van der Waals surface area contributed by atoms with Gasteiger partial charge < -0.3 is 20.1 Å². The first-order chi connectivity index (χ1) is 16.4. The third-order valence-electron chi connectivity index (χ3n) is 8.30. The SMILES string of the molecule is NC(=O)C(c1cnccn1)[N+]12CCC(CC1)[C@@H](OC(=O)C(O)(c1cccs1)C1CCCCC1)C2. The topological polar surface area (TPSA) is 115 Å². The fourth-order valence-corrected chi connectivity index (χ4v) is 7.41. The summed E-state index contributed by atoms with van der Waals surface area (Å²) in [5.41, 5.74) is 4.81. The van der Waals surface area contributed by atoms with Crippen LogP contribution in [0.15, 0.2) is 36.1 Å². The second-order valence-electron chi connectivity index (χ2n) is 10.1. The van der Waals surface area contributed by atoms with Gasteiger partial charge >= 0.3 is 5.97 Å². The zero-order valence-corrected chi connectivity index (χ0v) is 20.2. The van der Waals surface area contributed by atoms with Crippen LogP contribution >= 0.6 is 11.3 Å². The molecule has 0 aromatic carbocycles. The summed E-state index contributed by atoms with van der Waals surface area (Å²) in [6.07, 6.45) is 10.8. The Morgan fingerprint density at radius 3 is 2.56 bits per heavy atom. The largest absolute Gasteiger partial charge is 0.454 e. The van der Waals surface area contributed by atoms with E-state index in [-0.39, 0.29) is 17.9 Å². The maximum absolute atomic E-state index is 13.7. The van der Waals surface area contributed by atoms with Crippen LogP contribution in [-0.4, -0.2) is 57.2 Å². The second kappa shape index (κ2) is 9.36. The lowest BCUT2D eigenvalue weighted by Crippen LogP contribution is -2.67. The Labute approximate surface area is 203 Å². The summed E-state index contributed by atoms with van der Waals surface area (Å²) >= 11 is 1.40. The fourth-order valence-electron chi connectivity index (χ4n) is 6.52. The zero-order chi connectivity index (χ0) is 23.8. The number of esters is 1. The first kappa shape index (κ1) is 23.4. The third kappa shape index (κ3) is 4.03. The Balaban J connectivity index is 1.41. The van der Waals surface area contributed by atoms with E-state index < -0.39 is 23.5 Å². The molecule has 1 saturated carbocycles. The van der Waals surface area contributed by atoms with Crippen LogP contribution in [0, 0.1) is 11.8 Å². The molecule has 182 valence electrons. The van der Waals surface area contributed by atoms with Crippen molar-refractivity contribution in [2.24, 2.45) is 17.6 Å². The number of nitrogens with zero attached hydrogens (tertiary/aromatic N) is 3. The van der Waals surface area contributed by atoms with Crippen molar-refractivity contribution < 1.29 is 23.9 Å². The minimum Gasteiger partial charge on any atom is -0.454 e. The molecular formula is C25H33N4O4S+. The minimum atomic E-state index is -1.63. The average Bonchev–Trinajstić information content (AvgIpc) is 3.41. The van der Waals surface area contributed by atoms with Crippen molar-refractivity contribution in [2.75, 3.05) is 19.6 Å². The molecule has 4 fully saturated rings. The Kier molecular flexibility index (Phi) is 6.43. The van der Waals surface area contributed by atoms with Crippen LogP contribution in [0.5, 0.6) is 0 Å². The van der Waals surface area contributed by atoms with Crippen LogP contribution in [0.2, 0.25) is 0 Å². The van der Waals surface area contributed by atoms with Gasteiger partial charge in [-0.1, -0.05) is 25.3 Å². The Bertz CT molecular complexity index is 1000. The molecule has 3 N–H and O–H groups in total. The monoisotopic (exact) mass is 485 g/mol. The van der Waals surface area contributed by atoms with Crippen LogP contribution in [0.4, 0.5) is 0 Å². The van der Waals surface area contributed by atoms with Crippen molar-refractivity contribution in [2.45, 2.75) is 62.7 Å². The number of aliphatic hydroxyl groups is 1. The maximum atomic E-state index is 13.7. The van der Waals surface area contributed by atoms with E-state index in [1.54, 1.807) is 18.6 Å². The van der Waals surface area contributed by atoms with E-state index in [9.17, 15) is 14.7 Å². The van der Waals surface area contributed by atoms with E-state index in [1.807, 2.05) is 17.5 Å². The summed E-state index contributed by atoms with van der Waals surface area (Å²) in [7, 11) is 0. The van der Waals surface area contributed by atoms with E-state index in [0.717, 1.165) is 58.0 Å². The highest BCUT2D eigenvalue weighted by atomic mass is 32.1. The van der Waals surface area contributed by atoms with Gasteiger partial charge in [0.15, 0.2) is 11.7 Å². The molecule has 0 radical (unpaired) electrons. The molecule has 2 unspecified atom stereocenters. The van der Waals surface area contributed by atoms with E-state index in [0.29, 0.717) is 21.6 Å². The summed E-state index contributed by atoms with van der Waals surface area (Å²) in [6, 6.07) is 3.07. The number of primary amides is 1. The highest BCUT2D eigenvalue weighted by molar-refractivity contribution is 7.10. The highest BCUT2D eigenvalue weighted by Crippen LogP contribution is 2.45. The molecule has 8 nitrogen and oxygen atoms in total. The number of quaternary nitrogens is 1. The predicted molar refractivity (Wildman–Crippen MR) is 126 cm³/mol. The van der Waals surface area contributed by atoms with Gasteiger partial charge in [-0.25, -0.2) is 4.79 Å². The van der Waals surface area contributed by atoms with Crippen LogP contribution < -0.4 is 5.73 Å². The van der Waals surface area contributed by atoms with E-state index >= 15 is 0 Å². The minimum absolute atomic E-state index is 0.144. The summed E-state index contributed by atoms with van der Waals surface area (Å²) in [6.45, 7) is 2.05. The number of fused-ring (bicyclic) bond motifs is 3. The Morgan fingerprint density at radius 1 is 1.18 bits per heavy atom. The van der Waals surface area contributed by atoms with Crippen LogP contribution in [-0.2, 0) is 19.9 Å². The van der Waals surface area contributed by atoms with Crippen molar-refractivity contribution in [1.82, 2.24) is 9.97 Å². The molecule has 6 rings (SSSR count). The van der Waals surface area contributed by atoms with Crippen LogP contribution in [0.1, 0.15) is 61.6 Å². The van der Waals surface area contributed by atoms with E-state index in [4.69, 9.17) is 10.5 Å². The number of nitrogens with two attached hydrogens (primary N) is 1. The lowest BCUT2D eigenvalue weighted by atomic mass is 9.75. The smallest absolute Gasteiger partial charge is 0.344 e. The number of aromatic nitrogens is 2. The van der Waals surface area contributed by atoms with Gasteiger partial charge in [0, 0.05) is 41.9 Å². The number of ether oxygens (including phenoxy) is 1. The lowest BCUT2D eigenvalue weighted by Gasteiger charge is -2.54. The number of carbonyl (C=O) groups is 2. The molecule has 3 saturated heterocycles. The lowest BCUT2D eigenvalue weighted by molar-refractivity contribution is -0.965. The first-order valence-electron chi connectivity index (χ1n) is 12.3. The molecule has 2 aromatic rings. The molecule has 1 amide bonds. The number of carbonyl (C=O) groups excluding carboxylic acids is 2. The second-order valence-corrected chi connectivity index (χ2v) is 11.1. The average molecular weight is 486 g/mol. The normalized spacial score (nSPS) is 29.8. The molecule has 1 aliphatic carbocycles. The highest BCUT2D eigenvalue weighted by Gasteiger charge is 2.56. The third-order valence-corrected chi connectivity index (χ3v) is 9.30. The summed E-state index contributed by atoms with van der Waals surface area (Å²) in [5.74, 6) is -0.912. The van der Waals surface area contributed by atoms with E-state index in [2.05, 4.69) is 9.97 Å². The van der Waals surface area contributed by atoms with Crippen LogP contribution in [0.25, 0.3) is 0 Å². The zero-order valence-electron chi connectivity index (χ0n) is 19.3. The van der Waals surface area contributed by atoms with Crippen molar-refractivity contribution in [1.29, 1.82) is 0 Å². The number of hydrogen-bond acceptors (Lipinski definition) is 7. The molecule has 4 aliphatic rings. The number of rotatable bonds is 7. The Morgan fingerprint density at radius 2 is 1.94 bits per heavy atom. The number of piperidine rings is 3. The number of amides is 1. The quantitative estimate of drug-likeness (QED) is 0.460. The molecule has 9 heteroatoms. The molecule has 2 aromatic heterocycles. The Hall–Kier alpha value is -2.36. The summed E-state index contributed by atoms with van der Waals surface area (Å²) in [4.78, 5) is 35.5. The van der Waals surface area contributed by atoms with Gasteiger partial charge in [0.1, 0.15) is 12.2 Å². The fraction of sp³-hybridized carbons (Fsp3) is 0.600. The van der Waals surface area contributed by atoms with Gasteiger partial charge in [0.05, 0.1) is 19.3 Å². The molecule has 5 heterocycles. The predicted octanol–water partition coefficient (Wildman–Crippen LogP) is 2.68. The van der Waals surface area contributed by atoms with Gasteiger partial charge in [0.25, 0.3) is 5.91 Å². The molecule has 3 aliphatic heterocycles. The standard InChI is InChI=1S/C25H32N4O4S/c26-23(30)22(19-15-27-10-11-28-19)29-12-8-17(9-13-29)20(16-29)33-24(31)25(32,21-7-4-14-34-21)18-5-2-1-3-6-18/h4,7,10-11,14-15,17-18,20,22,32H,1-3,5-6,8-9,12-13,16H2,(H-,26,30)/p+1/t17?,20-,22?,25?,29?/m0/s1. The molecular weight excluding hydrogens is 452 g/mol. The first-order valence-corrected chi connectivity index (χ1v) is 13.2. The van der Waals surface area contributed by atoms with Gasteiger partial charge in [-0.05, 0) is 24.3 Å². The van der Waals surface area contributed by atoms with Crippen LogP contribution in [0.3, 0.4) is 0 Å². The van der Waals surface area contributed by atoms with Crippen molar-refractivity contribution in [3.05, 3.63) is 46.7 Å².